The number of hydrogen-bond acceptors (Lipinski definition) is 6. The molecule has 3 N–H and O–H groups in total. The normalized spacial score (nSPS) is 18.6. The first-order chi connectivity index (χ1) is 9.26. The van der Waals surface area contributed by atoms with Crippen LogP contribution in [0.15, 0.2) is 0 Å². The molecule has 3 rings (SSSR count). The number of nitrogens with one attached hydrogen (secondary N) is 1. The monoisotopic (exact) mass is 263 g/mol. The van der Waals surface area contributed by atoms with Crippen LogP contribution in [0.5, 0.6) is 6.01 Å². The van der Waals surface area contributed by atoms with Crippen molar-refractivity contribution in [3.05, 3.63) is 0 Å². The highest BCUT2D eigenvalue weighted by Crippen LogP contribution is 2.45. The molecule has 1 heterocycles. The average Bonchev–Trinajstić information content (AvgIpc) is 3.27. The summed E-state index contributed by atoms with van der Waals surface area (Å²) in [5, 5.41) is 3.44. The van der Waals surface area contributed by atoms with Gasteiger partial charge in [-0.2, -0.15) is 15.0 Å². The number of aromatic nitrogens is 3. The molecule has 1 aromatic heterocycles. The number of nitrogen functional groups attached to an aromatic ring is 1. The molecule has 0 atom stereocenters. The maximum atomic E-state index is 5.71. The maximum absolute atomic E-state index is 5.71. The minimum Gasteiger partial charge on any atom is -0.463 e. The summed E-state index contributed by atoms with van der Waals surface area (Å²) in [6.07, 6.45) is 6.17. The minimum atomic E-state index is 0.217. The smallest absolute Gasteiger partial charge is 0.323 e. The fraction of sp³-hybridized carbons (Fsp3) is 0.769. The molecule has 0 saturated heterocycles. The molecule has 2 aliphatic rings. The molecular formula is C13H21N5O. The molecule has 104 valence electrons. The molecule has 19 heavy (non-hydrogen) atoms. The second kappa shape index (κ2) is 5.19. The zero-order valence-electron chi connectivity index (χ0n) is 11.3. The molecule has 0 aliphatic heterocycles. The molecule has 6 nitrogen and oxygen atoms in total. The maximum Gasteiger partial charge on any atom is 0.323 e. The Bertz CT molecular complexity index is 433. The molecule has 1 aromatic rings. The predicted molar refractivity (Wildman–Crippen MR) is 72.9 cm³/mol. The van der Waals surface area contributed by atoms with Gasteiger partial charge in [0.15, 0.2) is 0 Å². The van der Waals surface area contributed by atoms with Gasteiger partial charge in [-0.3, -0.25) is 0 Å². The van der Waals surface area contributed by atoms with Crippen molar-refractivity contribution in [1.29, 1.82) is 0 Å². The van der Waals surface area contributed by atoms with Crippen LogP contribution in [0.2, 0.25) is 0 Å². The first-order valence-corrected chi connectivity index (χ1v) is 7.17. The van der Waals surface area contributed by atoms with E-state index in [4.69, 9.17) is 10.5 Å². The SMILES string of the molecule is CCCOc1nc(N)nc(NC(C2CC2)C2CC2)n1. The van der Waals surface area contributed by atoms with E-state index >= 15 is 0 Å². The summed E-state index contributed by atoms with van der Waals surface area (Å²) in [4.78, 5) is 12.5. The predicted octanol–water partition coefficient (Wildman–Crippen LogP) is 1.84. The Balaban J connectivity index is 1.69. The van der Waals surface area contributed by atoms with Crippen LogP contribution in [0.25, 0.3) is 0 Å². The van der Waals surface area contributed by atoms with Gasteiger partial charge in [-0.05, 0) is 43.9 Å². The van der Waals surface area contributed by atoms with Crippen molar-refractivity contribution >= 4 is 11.9 Å². The van der Waals surface area contributed by atoms with E-state index in [1.54, 1.807) is 0 Å². The van der Waals surface area contributed by atoms with E-state index in [0.717, 1.165) is 18.3 Å². The summed E-state index contributed by atoms with van der Waals surface area (Å²) in [7, 11) is 0. The summed E-state index contributed by atoms with van der Waals surface area (Å²) < 4.78 is 5.43. The van der Waals surface area contributed by atoms with Gasteiger partial charge in [0.25, 0.3) is 0 Å². The van der Waals surface area contributed by atoms with Crippen molar-refractivity contribution in [3.63, 3.8) is 0 Å². The third-order valence-electron chi connectivity index (χ3n) is 3.62. The van der Waals surface area contributed by atoms with Crippen molar-refractivity contribution in [2.75, 3.05) is 17.7 Å². The number of anilines is 2. The topological polar surface area (TPSA) is 86.0 Å². The highest BCUT2D eigenvalue weighted by molar-refractivity contribution is 5.34. The zero-order valence-corrected chi connectivity index (χ0v) is 11.3. The molecule has 0 amide bonds. The van der Waals surface area contributed by atoms with E-state index in [2.05, 4.69) is 20.3 Å². The lowest BCUT2D eigenvalue weighted by molar-refractivity contribution is 0.292. The summed E-state index contributed by atoms with van der Waals surface area (Å²) in [6.45, 7) is 2.64. The van der Waals surface area contributed by atoms with Gasteiger partial charge in [-0.15, -0.1) is 0 Å². The van der Waals surface area contributed by atoms with Gasteiger partial charge in [0.05, 0.1) is 6.61 Å². The van der Waals surface area contributed by atoms with E-state index < -0.39 is 0 Å². The number of ether oxygens (including phenoxy) is 1. The Hall–Kier alpha value is -1.59. The molecule has 0 spiro atoms. The Morgan fingerprint density at radius 2 is 1.89 bits per heavy atom. The van der Waals surface area contributed by atoms with Crippen molar-refractivity contribution in [3.8, 4) is 6.01 Å². The van der Waals surface area contributed by atoms with Gasteiger partial charge in [0.1, 0.15) is 0 Å². The Morgan fingerprint density at radius 3 is 2.47 bits per heavy atom. The van der Waals surface area contributed by atoms with Crippen LogP contribution in [0, 0.1) is 11.8 Å². The van der Waals surface area contributed by atoms with Crippen LogP contribution < -0.4 is 15.8 Å². The lowest BCUT2D eigenvalue weighted by Gasteiger charge is -2.17. The first-order valence-electron chi connectivity index (χ1n) is 7.17. The van der Waals surface area contributed by atoms with Gasteiger partial charge in [0, 0.05) is 6.04 Å². The standard InChI is InChI=1S/C13H21N5O/c1-2-7-19-13-17-11(14)16-12(18-13)15-10(8-3-4-8)9-5-6-9/h8-10H,2-7H2,1H3,(H3,14,15,16,17,18). The highest BCUT2D eigenvalue weighted by Gasteiger charge is 2.41. The van der Waals surface area contributed by atoms with Crippen molar-refractivity contribution in [2.24, 2.45) is 11.8 Å². The van der Waals surface area contributed by atoms with Crippen LogP contribution in [0.3, 0.4) is 0 Å². The molecule has 0 radical (unpaired) electrons. The fourth-order valence-corrected chi connectivity index (χ4v) is 2.37. The second-order valence-corrected chi connectivity index (χ2v) is 5.49. The number of nitrogens with two attached hydrogens (primary N) is 1. The summed E-state index contributed by atoms with van der Waals surface area (Å²) in [5.74, 6) is 2.34. The molecule has 0 bridgehead atoms. The second-order valence-electron chi connectivity index (χ2n) is 5.49. The van der Waals surface area contributed by atoms with Gasteiger partial charge in [-0.1, -0.05) is 6.92 Å². The van der Waals surface area contributed by atoms with E-state index in [9.17, 15) is 0 Å². The highest BCUT2D eigenvalue weighted by atomic mass is 16.5. The molecule has 6 heteroatoms. The zero-order chi connectivity index (χ0) is 13.2. The van der Waals surface area contributed by atoms with Crippen molar-refractivity contribution in [1.82, 2.24) is 15.0 Å². The van der Waals surface area contributed by atoms with Gasteiger partial charge >= 0.3 is 6.01 Å². The molecular weight excluding hydrogens is 242 g/mol. The Kier molecular flexibility index (Phi) is 3.40. The minimum absolute atomic E-state index is 0.217. The quantitative estimate of drug-likeness (QED) is 0.780. The molecule has 2 fully saturated rings. The number of hydrogen-bond donors (Lipinski definition) is 2. The van der Waals surface area contributed by atoms with Gasteiger partial charge < -0.3 is 15.8 Å². The molecule has 2 aliphatic carbocycles. The van der Waals surface area contributed by atoms with Crippen LogP contribution in [0.1, 0.15) is 39.0 Å². The van der Waals surface area contributed by atoms with Crippen LogP contribution in [-0.2, 0) is 0 Å². The summed E-state index contributed by atoms with van der Waals surface area (Å²) >= 11 is 0. The summed E-state index contributed by atoms with van der Waals surface area (Å²) in [5.41, 5.74) is 5.71. The number of rotatable bonds is 7. The molecule has 2 saturated carbocycles. The van der Waals surface area contributed by atoms with Crippen molar-refractivity contribution in [2.45, 2.75) is 45.1 Å². The van der Waals surface area contributed by atoms with Gasteiger partial charge in [-0.25, -0.2) is 0 Å². The first kappa shape index (κ1) is 12.4. The third-order valence-corrected chi connectivity index (χ3v) is 3.62. The van der Waals surface area contributed by atoms with Crippen LogP contribution in [-0.4, -0.2) is 27.6 Å². The molecule has 0 aromatic carbocycles. The summed E-state index contributed by atoms with van der Waals surface area (Å²) in [6, 6.07) is 0.822. The van der Waals surface area contributed by atoms with E-state index in [0.29, 0.717) is 24.6 Å². The van der Waals surface area contributed by atoms with Crippen LogP contribution >= 0.6 is 0 Å². The van der Waals surface area contributed by atoms with Gasteiger partial charge in [0.2, 0.25) is 11.9 Å². The fourth-order valence-electron chi connectivity index (χ4n) is 2.37. The average molecular weight is 263 g/mol. The van der Waals surface area contributed by atoms with E-state index in [1.807, 2.05) is 6.92 Å². The Morgan fingerprint density at radius 1 is 1.21 bits per heavy atom. The molecule has 0 unspecified atom stereocenters. The third kappa shape index (κ3) is 3.24. The van der Waals surface area contributed by atoms with Crippen molar-refractivity contribution < 1.29 is 4.74 Å². The van der Waals surface area contributed by atoms with Crippen LogP contribution in [0.4, 0.5) is 11.9 Å². The number of nitrogens with zero attached hydrogens (tertiary/aromatic N) is 3. The lowest BCUT2D eigenvalue weighted by atomic mass is 10.1. The Labute approximate surface area is 113 Å². The van der Waals surface area contributed by atoms with E-state index in [-0.39, 0.29) is 5.95 Å². The van der Waals surface area contributed by atoms with E-state index in [1.165, 1.54) is 25.7 Å². The lowest BCUT2D eigenvalue weighted by Crippen LogP contribution is -2.26. The largest absolute Gasteiger partial charge is 0.463 e.